The lowest BCUT2D eigenvalue weighted by molar-refractivity contribution is 0.252. The Morgan fingerprint density at radius 1 is 1.32 bits per heavy atom. The van der Waals surface area contributed by atoms with Gasteiger partial charge in [0.2, 0.25) is 0 Å². The van der Waals surface area contributed by atoms with Crippen molar-refractivity contribution in [3.05, 3.63) is 24.3 Å². The van der Waals surface area contributed by atoms with E-state index in [2.05, 4.69) is 17.6 Å². The summed E-state index contributed by atoms with van der Waals surface area (Å²) < 4.78 is 11.2. The van der Waals surface area contributed by atoms with Crippen LogP contribution in [-0.4, -0.2) is 34.5 Å². The highest BCUT2D eigenvalue weighted by atomic mass is 32.2. The monoisotopic (exact) mass is 300 g/mol. The SMILES string of the molecule is CCSCCCNC(=O)Nc1ccc(S(C)=O)cc1. The maximum atomic E-state index is 11.6. The highest BCUT2D eigenvalue weighted by Gasteiger charge is 2.02. The summed E-state index contributed by atoms with van der Waals surface area (Å²) in [5.41, 5.74) is 0.703. The van der Waals surface area contributed by atoms with Crippen molar-refractivity contribution < 1.29 is 9.00 Å². The molecule has 19 heavy (non-hydrogen) atoms. The molecule has 0 aliphatic rings. The summed E-state index contributed by atoms with van der Waals surface area (Å²) in [5.74, 6) is 2.17. The minimum atomic E-state index is -0.989. The van der Waals surface area contributed by atoms with Crippen LogP contribution in [0.4, 0.5) is 10.5 Å². The number of hydrogen-bond acceptors (Lipinski definition) is 3. The van der Waals surface area contributed by atoms with Crippen molar-refractivity contribution in [2.24, 2.45) is 0 Å². The Kier molecular flexibility index (Phi) is 7.59. The maximum absolute atomic E-state index is 11.6. The molecule has 6 heteroatoms. The van der Waals surface area contributed by atoms with Crippen molar-refractivity contribution >= 4 is 34.3 Å². The van der Waals surface area contributed by atoms with Crippen LogP contribution < -0.4 is 10.6 Å². The zero-order valence-electron chi connectivity index (χ0n) is 11.3. The molecule has 0 aliphatic heterocycles. The molecule has 4 nitrogen and oxygen atoms in total. The number of carbonyl (C=O) groups excluding carboxylic acids is 1. The Morgan fingerprint density at radius 3 is 2.58 bits per heavy atom. The van der Waals surface area contributed by atoms with Crippen LogP contribution in [0, 0.1) is 0 Å². The van der Waals surface area contributed by atoms with E-state index < -0.39 is 10.8 Å². The van der Waals surface area contributed by atoms with Gasteiger partial charge in [-0.3, -0.25) is 4.21 Å². The molecular weight excluding hydrogens is 280 g/mol. The minimum absolute atomic E-state index is 0.202. The average Bonchev–Trinajstić information content (AvgIpc) is 2.39. The van der Waals surface area contributed by atoms with Gasteiger partial charge in [-0.1, -0.05) is 6.92 Å². The van der Waals surface area contributed by atoms with Gasteiger partial charge in [0.15, 0.2) is 0 Å². The summed E-state index contributed by atoms with van der Waals surface area (Å²) in [6.45, 7) is 2.80. The zero-order valence-corrected chi connectivity index (χ0v) is 12.9. The summed E-state index contributed by atoms with van der Waals surface area (Å²) in [7, 11) is -0.989. The predicted octanol–water partition coefficient (Wildman–Crippen LogP) is 2.69. The van der Waals surface area contributed by atoms with Gasteiger partial charge in [-0.15, -0.1) is 0 Å². The maximum Gasteiger partial charge on any atom is 0.319 e. The fourth-order valence-electron chi connectivity index (χ4n) is 1.43. The topological polar surface area (TPSA) is 58.2 Å². The number of benzene rings is 1. The van der Waals surface area contributed by atoms with E-state index in [1.807, 2.05) is 11.8 Å². The fourth-order valence-corrected chi connectivity index (χ4v) is 2.58. The van der Waals surface area contributed by atoms with Crippen LogP contribution >= 0.6 is 11.8 Å². The van der Waals surface area contributed by atoms with Crippen LogP contribution in [-0.2, 0) is 10.8 Å². The lowest BCUT2D eigenvalue weighted by Gasteiger charge is -2.07. The molecule has 0 bridgehead atoms. The minimum Gasteiger partial charge on any atom is -0.338 e. The number of amides is 2. The number of urea groups is 1. The standard InChI is InChI=1S/C13H20N2O2S2/c1-3-18-10-4-9-14-13(16)15-11-5-7-12(8-6-11)19(2)17/h5-8H,3-4,9-10H2,1-2H3,(H2,14,15,16). The summed E-state index contributed by atoms with van der Waals surface area (Å²) in [4.78, 5) is 12.3. The molecule has 0 saturated heterocycles. The van der Waals surface area contributed by atoms with Gasteiger partial charge in [0, 0.05) is 34.2 Å². The first-order chi connectivity index (χ1) is 9.13. The van der Waals surface area contributed by atoms with Crippen molar-refractivity contribution in [3.8, 4) is 0 Å². The van der Waals surface area contributed by atoms with Gasteiger partial charge in [0.1, 0.15) is 0 Å². The van der Waals surface area contributed by atoms with Crippen LogP contribution in [0.3, 0.4) is 0 Å². The molecule has 0 saturated carbocycles. The summed E-state index contributed by atoms with van der Waals surface area (Å²) in [6.07, 6.45) is 2.60. The third kappa shape index (κ3) is 6.63. The molecule has 1 unspecified atom stereocenters. The molecule has 0 spiro atoms. The summed E-state index contributed by atoms with van der Waals surface area (Å²) in [6, 6.07) is 6.81. The molecule has 106 valence electrons. The number of hydrogen-bond donors (Lipinski definition) is 2. The first kappa shape index (κ1) is 16.0. The molecule has 0 heterocycles. The highest BCUT2D eigenvalue weighted by Crippen LogP contribution is 2.11. The largest absolute Gasteiger partial charge is 0.338 e. The van der Waals surface area contributed by atoms with Crippen molar-refractivity contribution in [3.63, 3.8) is 0 Å². The van der Waals surface area contributed by atoms with E-state index in [4.69, 9.17) is 0 Å². The second-order valence-corrected chi connectivity index (χ2v) is 6.68. The van der Waals surface area contributed by atoms with Crippen LogP contribution in [0.2, 0.25) is 0 Å². The van der Waals surface area contributed by atoms with Crippen LogP contribution in [0.5, 0.6) is 0 Å². The Labute approximate surface area is 121 Å². The molecule has 1 rings (SSSR count). The van der Waals surface area contributed by atoms with E-state index in [0.717, 1.165) is 22.8 Å². The van der Waals surface area contributed by atoms with Gasteiger partial charge in [-0.25, -0.2) is 4.79 Å². The van der Waals surface area contributed by atoms with Crippen molar-refractivity contribution in [1.29, 1.82) is 0 Å². The second kappa shape index (κ2) is 8.98. The Balaban J connectivity index is 2.30. The third-order valence-corrected chi connectivity index (χ3v) is 4.32. The molecule has 2 amide bonds. The molecule has 1 atom stereocenters. The van der Waals surface area contributed by atoms with Crippen molar-refractivity contribution in [1.82, 2.24) is 5.32 Å². The highest BCUT2D eigenvalue weighted by molar-refractivity contribution is 7.99. The normalized spacial score (nSPS) is 11.9. The van der Waals surface area contributed by atoms with E-state index in [0.29, 0.717) is 12.2 Å². The lowest BCUT2D eigenvalue weighted by Crippen LogP contribution is -2.29. The third-order valence-electron chi connectivity index (χ3n) is 2.40. The Morgan fingerprint density at radius 2 is 2.00 bits per heavy atom. The van der Waals surface area contributed by atoms with E-state index in [9.17, 15) is 9.00 Å². The number of carbonyl (C=O) groups is 1. The molecule has 1 aromatic rings. The number of anilines is 1. The smallest absolute Gasteiger partial charge is 0.319 e. The van der Waals surface area contributed by atoms with E-state index in [-0.39, 0.29) is 6.03 Å². The first-order valence-electron chi connectivity index (χ1n) is 6.19. The molecule has 0 aromatic heterocycles. The van der Waals surface area contributed by atoms with E-state index in [1.165, 1.54) is 0 Å². The second-order valence-electron chi connectivity index (χ2n) is 3.91. The van der Waals surface area contributed by atoms with Crippen LogP contribution in [0.15, 0.2) is 29.2 Å². The van der Waals surface area contributed by atoms with Gasteiger partial charge < -0.3 is 10.6 Å². The molecule has 0 fully saturated rings. The molecule has 1 aromatic carbocycles. The number of rotatable bonds is 7. The number of thioether (sulfide) groups is 1. The van der Waals surface area contributed by atoms with Crippen molar-refractivity contribution in [2.75, 3.05) is 29.6 Å². The quantitative estimate of drug-likeness (QED) is 0.761. The summed E-state index contributed by atoms with van der Waals surface area (Å²) >= 11 is 1.87. The van der Waals surface area contributed by atoms with Crippen molar-refractivity contribution in [2.45, 2.75) is 18.2 Å². The molecular formula is C13H20N2O2S2. The number of nitrogens with one attached hydrogen (secondary N) is 2. The molecule has 0 radical (unpaired) electrons. The van der Waals surface area contributed by atoms with E-state index >= 15 is 0 Å². The van der Waals surface area contributed by atoms with Crippen LogP contribution in [0.25, 0.3) is 0 Å². The molecule has 0 aliphatic carbocycles. The zero-order chi connectivity index (χ0) is 14.1. The Bertz CT molecular complexity index is 421. The first-order valence-corrected chi connectivity index (χ1v) is 8.91. The van der Waals surface area contributed by atoms with Gasteiger partial charge in [0.25, 0.3) is 0 Å². The van der Waals surface area contributed by atoms with Gasteiger partial charge in [-0.2, -0.15) is 11.8 Å². The van der Waals surface area contributed by atoms with Crippen LogP contribution in [0.1, 0.15) is 13.3 Å². The van der Waals surface area contributed by atoms with E-state index in [1.54, 1.807) is 30.5 Å². The van der Waals surface area contributed by atoms with Gasteiger partial charge in [0.05, 0.1) is 0 Å². The fraction of sp³-hybridized carbons (Fsp3) is 0.462. The average molecular weight is 300 g/mol. The molecule has 2 N–H and O–H groups in total. The van der Waals surface area contributed by atoms with Gasteiger partial charge >= 0.3 is 6.03 Å². The predicted molar refractivity (Wildman–Crippen MR) is 83.4 cm³/mol. The Hall–Kier alpha value is -1.01. The van der Waals surface area contributed by atoms with Gasteiger partial charge in [-0.05, 0) is 42.2 Å². The summed E-state index contributed by atoms with van der Waals surface area (Å²) in [5, 5.41) is 5.55. The lowest BCUT2D eigenvalue weighted by atomic mass is 10.3.